The van der Waals surface area contributed by atoms with Crippen LogP contribution in [0.2, 0.25) is 0 Å². The molecule has 5 heteroatoms. The lowest BCUT2D eigenvalue weighted by Gasteiger charge is -2.10. The van der Waals surface area contributed by atoms with Gasteiger partial charge in [0.15, 0.2) is 0 Å². The van der Waals surface area contributed by atoms with E-state index in [2.05, 4.69) is 10.3 Å². The first-order chi connectivity index (χ1) is 10.1. The number of aliphatic hydroxyl groups is 1. The molecule has 0 spiro atoms. The van der Waals surface area contributed by atoms with Crippen LogP contribution in [0.3, 0.4) is 0 Å². The van der Waals surface area contributed by atoms with Crippen molar-refractivity contribution in [3.05, 3.63) is 76.2 Å². The molecule has 2 aromatic rings. The molecular formula is C16H16N2O3. The van der Waals surface area contributed by atoms with Gasteiger partial charge in [-0.15, -0.1) is 0 Å². The predicted octanol–water partition coefficient (Wildman–Crippen LogP) is 1.24. The van der Waals surface area contributed by atoms with Gasteiger partial charge in [-0.3, -0.25) is 9.59 Å². The zero-order valence-electron chi connectivity index (χ0n) is 11.3. The van der Waals surface area contributed by atoms with Crippen molar-refractivity contribution in [3.63, 3.8) is 0 Å². The van der Waals surface area contributed by atoms with E-state index in [9.17, 15) is 14.7 Å². The van der Waals surface area contributed by atoms with Crippen molar-refractivity contribution in [3.8, 4) is 0 Å². The highest BCUT2D eigenvalue weighted by Crippen LogP contribution is 2.06. The maximum atomic E-state index is 11.6. The molecule has 1 amide bonds. The maximum Gasteiger partial charge on any atom is 0.248 e. The Morgan fingerprint density at radius 1 is 1.19 bits per heavy atom. The number of hydrogen-bond donors (Lipinski definition) is 3. The second-order valence-electron chi connectivity index (χ2n) is 4.48. The van der Waals surface area contributed by atoms with Crippen LogP contribution in [0.4, 0.5) is 0 Å². The van der Waals surface area contributed by atoms with Crippen molar-refractivity contribution in [1.82, 2.24) is 10.3 Å². The highest BCUT2D eigenvalue weighted by Gasteiger charge is 2.08. The molecule has 1 aromatic carbocycles. The highest BCUT2D eigenvalue weighted by molar-refractivity contribution is 5.91. The van der Waals surface area contributed by atoms with E-state index in [4.69, 9.17) is 0 Å². The Labute approximate surface area is 122 Å². The standard InChI is InChI=1S/C16H16N2O3/c19-14(13-7-4-8-16(21)18-13)11-17-15(20)10-9-12-5-2-1-3-6-12/h1-10,14,19H,11H2,(H,17,20)(H,18,21)/b10-9+. The number of benzene rings is 1. The molecular weight excluding hydrogens is 268 g/mol. The summed E-state index contributed by atoms with van der Waals surface area (Å²) in [5.74, 6) is -0.309. The minimum Gasteiger partial charge on any atom is -0.385 e. The number of amides is 1. The number of aromatic amines is 1. The molecule has 1 atom stereocenters. The van der Waals surface area contributed by atoms with E-state index in [1.54, 1.807) is 18.2 Å². The maximum absolute atomic E-state index is 11.6. The summed E-state index contributed by atoms with van der Waals surface area (Å²) in [5, 5.41) is 12.4. The van der Waals surface area contributed by atoms with E-state index >= 15 is 0 Å². The van der Waals surface area contributed by atoms with Gasteiger partial charge < -0.3 is 15.4 Å². The van der Waals surface area contributed by atoms with Crippen LogP contribution in [0.5, 0.6) is 0 Å². The number of carbonyl (C=O) groups excluding carboxylic acids is 1. The third-order valence-corrected chi connectivity index (χ3v) is 2.85. The summed E-state index contributed by atoms with van der Waals surface area (Å²) in [6.07, 6.45) is 2.13. The molecule has 108 valence electrons. The van der Waals surface area contributed by atoms with Crippen molar-refractivity contribution in [1.29, 1.82) is 0 Å². The molecule has 21 heavy (non-hydrogen) atoms. The molecule has 0 radical (unpaired) electrons. The normalized spacial score (nSPS) is 12.2. The van der Waals surface area contributed by atoms with E-state index in [0.717, 1.165) is 5.56 Å². The van der Waals surface area contributed by atoms with E-state index in [1.807, 2.05) is 30.3 Å². The van der Waals surface area contributed by atoms with E-state index in [1.165, 1.54) is 12.1 Å². The zero-order chi connectivity index (χ0) is 15.1. The van der Waals surface area contributed by atoms with Gasteiger partial charge in [-0.05, 0) is 17.7 Å². The summed E-state index contributed by atoms with van der Waals surface area (Å²) in [4.78, 5) is 25.3. The van der Waals surface area contributed by atoms with Gasteiger partial charge in [0.1, 0.15) is 6.10 Å². The average Bonchev–Trinajstić information content (AvgIpc) is 2.51. The first kappa shape index (κ1) is 14.7. The minimum atomic E-state index is -0.951. The van der Waals surface area contributed by atoms with Gasteiger partial charge in [0.25, 0.3) is 0 Å². The Bertz CT molecular complexity index is 677. The topological polar surface area (TPSA) is 82.2 Å². The van der Waals surface area contributed by atoms with Gasteiger partial charge in [0.05, 0.1) is 0 Å². The number of aliphatic hydroxyl groups excluding tert-OH is 1. The SMILES string of the molecule is O=C(/C=C/c1ccccc1)NCC(O)c1cccc(=O)[nH]1. The molecule has 1 unspecified atom stereocenters. The fourth-order valence-electron chi connectivity index (χ4n) is 1.76. The number of aromatic nitrogens is 1. The molecule has 2 rings (SSSR count). The Morgan fingerprint density at radius 3 is 2.67 bits per heavy atom. The van der Waals surface area contributed by atoms with Crippen LogP contribution in [0.25, 0.3) is 6.08 Å². The molecule has 0 bridgehead atoms. The first-order valence-corrected chi connectivity index (χ1v) is 6.53. The Balaban J connectivity index is 1.86. The van der Waals surface area contributed by atoms with Gasteiger partial charge in [0, 0.05) is 24.4 Å². The van der Waals surface area contributed by atoms with Crippen LogP contribution in [0.15, 0.2) is 59.4 Å². The van der Waals surface area contributed by atoms with Gasteiger partial charge in [-0.25, -0.2) is 0 Å². The minimum absolute atomic E-state index is 0.0257. The summed E-state index contributed by atoms with van der Waals surface area (Å²) >= 11 is 0. The number of pyridine rings is 1. The second kappa shape index (κ2) is 7.21. The van der Waals surface area contributed by atoms with Crippen LogP contribution < -0.4 is 10.9 Å². The fourth-order valence-corrected chi connectivity index (χ4v) is 1.76. The molecule has 0 saturated carbocycles. The molecule has 5 nitrogen and oxygen atoms in total. The van der Waals surface area contributed by atoms with E-state index in [-0.39, 0.29) is 18.0 Å². The molecule has 1 heterocycles. The summed E-state index contributed by atoms with van der Waals surface area (Å²) < 4.78 is 0. The Kier molecular flexibility index (Phi) is 5.06. The number of rotatable bonds is 5. The van der Waals surface area contributed by atoms with Crippen LogP contribution in [0.1, 0.15) is 17.4 Å². The van der Waals surface area contributed by atoms with Crippen LogP contribution in [0, 0.1) is 0 Å². The predicted molar refractivity (Wildman–Crippen MR) is 80.5 cm³/mol. The second-order valence-corrected chi connectivity index (χ2v) is 4.48. The van der Waals surface area contributed by atoms with Gasteiger partial charge in [-0.1, -0.05) is 36.4 Å². The lowest BCUT2D eigenvalue weighted by Crippen LogP contribution is -2.27. The summed E-state index contributed by atoms with van der Waals surface area (Å²) in [7, 11) is 0. The Hall–Kier alpha value is -2.66. The third-order valence-electron chi connectivity index (χ3n) is 2.85. The molecule has 0 aliphatic heterocycles. The first-order valence-electron chi connectivity index (χ1n) is 6.53. The number of nitrogens with one attached hydrogen (secondary N) is 2. The van der Waals surface area contributed by atoms with Crippen LogP contribution in [-0.4, -0.2) is 22.5 Å². The van der Waals surface area contributed by atoms with Crippen molar-refractivity contribution in [2.24, 2.45) is 0 Å². The average molecular weight is 284 g/mol. The monoisotopic (exact) mass is 284 g/mol. The summed E-state index contributed by atoms with van der Waals surface area (Å²) in [6.45, 7) is 0.0257. The molecule has 0 aliphatic carbocycles. The number of H-pyrrole nitrogens is 1. The molecule has 3 N–H and O–H groups in total. The number of hydrogen-bond acceptors (Lipinski definition) is 3. The van der Waals surface area contributed by atoms with Gasteiger partial charge in [0.2, 0.25) is 11.5 Å². The Morgan fingerprint density at radius 2 is 1.95 bits per heavy atom. The quantitative estimate of drug-likeness (QED) is 0.722. The summed E-state index contributed by atoms with van der Waals surface area (Å²) in [5.41, 5.74) is 0.997. The molecule has 1 aromatic heterocycles. The molecule has 0 aliphatic rings. The lowest BCUT2D eigenvalue weighted by molar-refractivity contribution is -0.116. The molecule has 0 fully saturated rings. The van der Waals surface area contributed by atoms with Gasteiger partial charge in [-0.2, -0.15) is 0 Å². The van der Waals surface area contributed by atoms with Crippen LogP contribution >= 0.6 is 0 Å². The van der Waals surface area contributed by atoms with Crippen molar-refractivity contribution >= 4 is 12.0 Å². The van der Waals surface area contributed by atoms with Gasteiger partial charge >= 0.3 is 0 Å². The summed E-state index contributed by atoms with van der Waals surface area (Å²) in [6, 6.07) is 13.9. The molecule has 0 saturated heterocycles. The number of carbonyl (C=O) groups is 1. The van der Waals surface area contributed by atoms with E-state index in [0.29, 0.717) is 5.69 Å². The highest BCUT2D eigenvalue weighted by atomic mass is 16.3. The third kappa shape index (κ3) is 4.74. The van der Waals surface area contributed by atoms with Crippen molar-refractivity contribution < 1.29 is 9.90 Å². The van der Waals surface area contributed by atoms with E-state index < -0.39 is 6.10 Å². The lowest BCUT2D eigenvalue weighted by atomic mass is 10.2. The largest absolute Gasteiger partial charge is 0.385 e. The zero-order valence-corrected chi connectivity index (χ0v) is 11.3. The fraction of sp³-hybridized carbons (Fsp3) is 0.125. The van der Waals surface area contributed by atoms with Crippen LogP contribution in [-0.2, 0) is 4.79 Å². The smallest absolute Gasteiger partial charge is 0.248 e. The van der Waals surface area contributed by atoms with Crippen molar-refractivity contribution in [2.45, 2.75) is 6.10 Å². The van der Waals surface area contributed by atoms with Crippen molar-refractivity contribution in [2.75, 3.05) is 6.54 Å².